The molecule has 0 amide bonds. The minimum Gasteiger partial charge on any atom is -0.288 e. The van der Waals surface area contributed by atoms with Gasteiger partial charge in [0.1, 0.15) is 9.92 Å². The molecule has 0 fully saturated rings. The van der Waals surface area contributed by atoms with E-state index in [4.69, 9.17) is 23.2 Å². The highest BCUT2D eigenvalue weighted by Crippen LogP contribution is 2.37. The molecule has 1 aromatic rings. The fourth-order valence-electron chi connectivity index (χ4n) is 1.13. The highest BCUT2D eigenvalue weighted by atomic mass is 35.5. The van der Waals surface area contributed by atoms with Crippen LogP contribution in [0.15, 0.2) is 17.0 Å². The monoisotopic (exact) mass is 314 g/mol. The van der Waals surface area contributed by atoms with Crippen LogP contribution in [-0.4, -0.2) is 32.0 Å². The number of nitro benzene ring substituents is 1. The SMILES string of the molecule is CON(C)S(=O)(=O)c1c(Cl)ccc([N+](=O)[O-])c1Cl. The van der Waals surface area contributed by atoms with Gasteiger partial charge in [0, 0.05) is 13.1 Å². The Labute approximate surface area is 113 Å². The molecule has 1 rings (SSSR count). The van der Waals surface area contributed by atoms with Crippen LogP contribution in [0, 0.1) is 10.1 Å². The first-order chi connectivity index (χ1) is 8.23. The molecule has 0 aliphatic carbocycles. The van der Waals surface area contributed by atoms with Crippen molar-refractivity contribution in [1.29, 1.82) is 0 Å². The van der Waals surface area contributed by atoms with Gasteiger partial charge in [0.05, 0.1) is 17.1 Å². The van der Waals surface area contributed by atoms with Crippen LogP contribution in [0.5, 0.6) is 0 Å². The number of nitro groups is 1. The van der Waals surface area contributed by atoms with Crippen LogP contribution in [0.4, 0.5) is 5.69 Å². The van der Waals surface area contributed by atoms with Crippen LogP contribution in [0.3, 0.4) is 0 Å². The van der Waals surface area contributed by atoms with Gasteiger partial charge in [0.25, 0.3) is 15.7 Å². The van der Waals surface area contributed by atoms with Crippen LogP contribution in [0.2, 0.25) is 10.0 Å². The standard InChI is InChI=1S/C8H8Cl2N2O5S/c1-11(17-2)18(15,16)8-5(9)3-4-6(7(8)10)12(13)14/h3-4H,1-2H3. The summed E-state index contributed by atoms with van der Waals surface area (Å²) < 4.78 is 24.5. The second-order valence-corrected chi connectivity index (χ2v) is 5.72. The van der Waals surface area contributed by atoms with Gasteiger partial charge in [-0.15, -0.1) is 0 Å². The molecule has 100 valence electrons. The van der Waals surface area contributed by atoms with E-state index in [1.54, 1.807) is 0 Å². The summed E-state index contributed by atoms with van der Waals surface area (Å²) >= 11 is 11.4. The molecule has 0 aliphatic heterocycles. The molecule has 0 atom stereocenters. The molecule has 7 nitrogen and oxygen atoms in total. The lowest BCUT2D eigenvalue weighted by Gasteiger charge is -2.15. The Bertz CT molecular complexity index is 589. The van der Waals surface area contributed by atoms with Crippen LogP contribution < -0.4 is 0 Å². The predicted octanol–water partition coefficient (Wildman–Crippen LogP) is 2.08. The van der Waals surface area contributed by atoms with Crippen LogP contribution >= 0.6 is 23.2 Å². The Morgan fingerprint density at radius 1 is 1.39 bits per heavy atom. The Morgan fingerprint density at radius 2 is 1.94 bits per heavy atom. The highest BCUT2D eigenvalue weighted by Gasteiger charge is 2.31. The maximum Gasteiger partial charge on any atom is 0.289 e. The Kier molecular flexibility index (Phi) is 4.51. The van der Waals surface area contributed by atoms with Crippen molar-refractivity contribution in [3.05, 3.63) is 32.3 Å². The quantitative estimate of drug-likeness (QED) is 0.627. The van der Waals surface area contributed by atoms with Crippen molar-refractivity contribution in [2.45, 2.75) is 4.90 Å². The summed E-state index contributed by atoms with van der Waals surface area (Å²) in [5, 5.41) is 9.90. The Morgan fingerprint density at radius 3 is 2.39 bits per heavy atom. The zero-order chi connectivity index (χ0) is 14.1. The van der Waals surface area contributed by atoms with E-state index in [1.807, 2.05) is 0 Å². The van der Waals surface area contributed by atoms with E-state index in [-0.39, 0.29) is 5.02 Å². The molecule has 0 bridgehead atoms. The van der Waals surface area contributed by atoms with Crippen molar-refractivity contribution < 1.29 is 18.2 Å². The van der Waals surface area contributed by atoms with Crippen molar-refractivity contribution in [3.8, 4) is 0 Å². The normalized spacial score (nSPS) is 11.8. The second-order valence-electron chi connectivity index (χ2n) is 3.06. The molecular weight excluding hydrogens is 307 g/mol. The van der Waals surface area contributed by atoms with E-state index in [1.165, 1.54) is 0 Å². The molecule has 0 saturated heterocycles. The first-order valence-corrected chi connectivity index (χ1v) is 6.58. The third-order valence-electron chi connectivity index (χ3n) is 2.08. The summed E-state index contributed by atoms with van der Waals surface area (Å²) in [6, 6.07) is 2.11. The highest BCUT2D eigenvalue weighted by molar-refractivity contribution is 7.89. The van der Waals surface area contributed by atoms with E-state index in [2.05, 4.69) is 4.84 Å². The summed E-state index contributed by atoms with van der Waals surface area (Å²) in [5.74, 6) is 0. The summed E-state index contributed by atoms with van der Waals surface area (Å²) in [6.07, 6.45) is 0. The number of sulfonamides is 1. The number of hydroxylamine groups is 1. The molecule has 0 N–H and O–H groups in total. The summed E-state index contributed by atoms with van der Waals surface area (Å²) in [6.45, 7) is 0. The summed E-state index contributed by atoms with van der Waals surface area (Å²) in [7, 11) is -1.93. The first-order valence-electron chi connectivity index (χ1n) is 4.39. The van der Waals surface area contributed by atoms with Gasteiger partial charge >= 0.3 is 0 Å². The van der Waals surface area contributed by atoms with Gasteiger partial charge in [-0.2, -0.15) is 0 Å². The number of hydrogen-bond donors (Lipinski definition) is 0. The first kappa shape index (κ1) is 15.1. The number of halogens is 2. The van der Waals surface area contributed by atoms with Gasteiger partial charge in [0.15, 0.2) is 0 Å². The lowest BCUT2D eigenvalue weighted by molar-refractivity contribution is -0.384. The van der Waals surface area contributed by atoms with E-state index in [9.17, 15) is 18.5 Å². The molecule has 0 aromatic heterocycles. The molecular formula is C8H8Cl2N2O5S. The van der Waals surface area contributed by atoms with Gasteiger partial charge in [-0.25, -0.2) is 8.42 Å². The van der Waals surface area contributed by atoms with Crippen molar-refractivity contribution in [3.63, 3.8) is 0 Å². The molecule has 0 spiro atoms. The average molecular weight is 315 g/mol. The number of nitrogens with zero attached hydrogens (tertiary/aromatic N) is 2. The molecule has 18 heavy (non-hydrogen) atoms. The van der Waals surface area contributed by atoms with Crippen LogP contribution in [0.1, 0.15) is 0 Å². The van der Waals surface area contributed by atoms with Crippen molar-refractivity contribution in [2.24, 2.45) is 0 Å². The third-order valence-corrected chi connectivity index (χ3v) is 4.77. The minimum absolute atomic E-state index is 0.227. The van der Waals surface area contributed by atoms with Crippen molar-refractivity contribution >= 4 is 38.9 Å². The Hall–Kier alpha value is -0.930. The van der Waals surface area contributed by atoms with Crippen LogP contribution in [-0.2, 0) is 14.9 Å². The van der Waals surface area contributed by atoms with Gasteiger partial charge in [0.2, 0.25) is 0 Å². The van der Waals surface area contributed by atoms with Crippen molar-refractivity contribution in [2.75, 3.05) is 14.2 Å². The van der Waals surface area contributed by atoms with Crippen molar-refractivity contribution in [1.82, 2.24) is 4.47 Å². The lowest BCUT2D eigenvalue weighted by Crippen LogP contribution is -2.26. The number of benzene rings is 1. The summed E-state index contributed by atoms with van der Waals surface area (Å²) in [4.78, 5) is 13.9. The Balaban J connectivity index is 3.60. The second kappa shape index (κ2) is 5.37. The molecule has 0 aliphatic rings. The fourth-order valence-corrected chi connectivity index (χ4v) is 3.25. The summed E-state index contributed by atoms with van der Waals surface area (Å²) in [5.41, 5.74) is -0.552. The van der Waals surface area contributed by atoms with Gasteiger partial charge in [-0.1, -0.05) is 27.7 Å². The molecule has 0 unspecified atom stereocenters. The number of hydrogen-bond acceptors (Lipinski definition) is 5. The van der Waals surface area contributed by atoms with Gasteiger partial charge in [-0.05, 0) is 6.07 Å². The molecule has 0 heterocycles. The van der Waals surface area contributed by atoms with Gasteiger partial charge < -0.3 is 0 Å². The van der Waals surface area contributed by atoms with E-state index < -0.39 is 30.6 Å². The zero-order valence-corrected chi connectivity index (χ0v) is 11.6. The molecule has 0 radical (unpaired) electrons. The topological polar surface area (TPSA) is 89.8 Å². The third kappa shape index (κ3) is 2.57. The lowest BCUT2D eigenvalue weighted by atomic mass is 10.3. The smallest absolute Gasteiger partial charge is 0.288 e. The predicted molar refractivity (Wildman–Crippen MR) is 65.1 cm³/mol. The fraction of sp³-hybridized carbons (Fsp3) is 0.250. The van der Waals surface area contributed by atoms with E-state index in [0.29, 0.717) is 4.47 Å². The maximum absolute atomic E-state index is 12.0. The zero-order valence-electron chi connectivity index (χ0n) is 9.25. The average Bonchev–Trinajstić information content (AvgIpc) is 2.26. The minimum atomic E-state index is -4.16. The van der Waals surface area contributed by atoms with E-state index >= 15 is 0 Å². The molecule has 0 saturated carbocycles. The van der Waals surface area contributed by atoms with E-state index in [0.717, 1.165) is 26.3 Å². The van der Waals surface area contributed by atoms with Crippen LogP contribution in [0.25, 0.3) is 0 Å². The molecule has 1 aromatic carbocycles. The largest absolute Gasteiger partial charge is 0.289 e. The number of rotatable bonds is 4. The molecule has 10 heteroatoms. The van der Waals surface area contributed by atoms with Gasteiger partial charge in [-0.3, -0.25) is 15.0 Å². The maximum atomic E-state index is 12.0.